The fraction of sp³-hybridized carbons (Fsp3) is 0.786. The molecule has 3 unspecified atom stereocenters. The molecule has 32 heavy (non-hydrogen) atoms. The first-order valence-corrected chi connectivity index (χ1v) is 13.0. The van der Waals surface area contributed by atoms with Gasteiger partial charge in [-0.05, 0) is 92.9 Å². The van der Waals surface area contributed by atoms with Gasteiger partial charge in [0.05, 0.1) is 17.3 Å². The Labute approximate surface area is 193 Å². The van der Waals surface area contributed by atoms with Crippen LogP contribution < -0.4 is 0 Å². The molecule has 0 spiro atoms. The first-order chi connectivity index (χ1) is 15.3. The van der Waals surface area contributed by atoms with E-state index < -0.39 is 16.6 Å². The van der Waals surface area contributed by atoms with Crippen molar-refractivity contribution in [3.05, 3.63) is 35.9 Å². The van der Waals surface area contributed by atoms with Gasteiger partial charge in [-0.2, -0.15) is 0 Å². The molecule has 4 aliphatic rings. The molecule has 0 radical (unpaired) electrons. The summed E-state index contributed by atoms with van der Waals surface area (Å²) in [5.74, 6) is 1.45. The van der Waals surface area contributed by atoms with E-state index in [1.165, 1.54) is 6.42 Å². The van der Waals surface area contributed by atoms with Gasteiger partial charge < -0.3 is 20.1 Å². The van der Waals surface area contributed by atoms with Crippen molar-refractivity contribution >= 4 is 0 Å². The van der Waals surface area contributed by atoms with Gasteiger partial charge in [0.15, 0.2) is 0 Å². The number of fused-ring (bicyclic) bond motifs is 5. The Morgan fingerprint density at radius 3 is 2.44 bits per heavy atom. The fourth-order valence-corrected chi connectivity index (χ4v) is 8.85. The minimum absolute atomic E-state index is 0.199. The van der Waals surface area contributed by atoms with Crippen LogP contribution in [-0.2, 0) is 10.3 Å². The maximum Gasteiger partial charge on any atom is 0.0978 e. The van der Waals surface area contributed by atoms with Gasteiger partial charge in [0.25, 0.3) is 0 Å². The minimum Gasteiger partial charge on any atom is -0.396 e. The molecule has 4 saturated carbocycles. The molecule has 4 nitrogen and oxygen atoms in total. The molecule has 4 aliphatic carbocycles. The second-order valence-electron chi connectivity index (χ2n) is 11.9. The number of aliphatic hydroxyl groups excluding tert-OH is 1. The molecule has 4 heteroatoms. The van der Waals surface area contributed by atoms with Crippen LogP contribution in [-0.4, -0.2) is 40.2 Å². The van der Waals surface area contributed by atoms with Crippen molar-refractivity contribution in [2.75, 3.05) is 13.2 Å². The smallest absolute Gasteiger partial charge is 0.0978 e. The third kappa shape index (κ3) is 3.09. The van der Waals surface area contributed by atoms with E-state index >= 15 is 0 Å². The summed E-state index contributed by atoms with van der Waals surface area (Å²) in [6, 6.07) is 10.1. The average molecular weight is 443 g/mol. The summed E-state index contributed by atoms with van der Waals surface area (Å²) in [7, 11) is 0. The van der Waals surface area contributed by atoms with Crippen LogP contribution in [0.15, 0.2) is 30.3 Å². The third-order valence-electron chi connectivity index (χ3n) is 10.9. The molecular formula is C28H42O4. The van der Waals surface area contributed by atoms with Crippen LogP contribution in [0.2, 0.25) is 0 Å². The van der Waals surface area contributed by atoms with Crippen LogP contribution in [0.3, 0.4) is 0 Å². The van der Waals surface area contributed by atoms with Crippen molar-refractivity contribution < 1.29 is 20.1 Å². The summed E-state index contributed by atoms with van der Waals surface area (Å²) in [6.45, 7) is 5.52. The highest BCUT2D eigenvalue weighted by atomic mass is 16.5. The van der Waals surface area contributed by atoms with Crippen LogP contribution >= 0.6 is 0 Å². The molecule has 0 heterocycles. The van der Waals surface area contributed by atoms with Crippen LogP contribution in [0.25, 0.3) is 0 Å². The van der Waals surface area contributed by atoms with Crippen molar-refractivity contribution in [2.24, 2.45) is 28.6 Å². The Balaban J connectivity index is 1.39. The van der Waals surface area contributed by atoms with Gasteiger partial charge in [0.2, 0.25) is 0 Å². The maximum atomic E-state index is 12.4. The van der Waals surface area contributed by atoms with Gasteiger partial charge in [0.1, 0.15) is 0 Å². The molecule has 178 valence electrons. The van der Waals surface area contributed by atoms with E-state index in [1.807, 2.05) is 30.3 Å². The quantitative estimate of drug-likeness (QED) is 0.573. The largest absolute Gasteiger partial charge is 0.396 e. The maximum absolute atomic E-state index is 12.4. The molecule has 0 amide bonds. The van der Waals surface area contributed by atoms with Gasteiger partial charge >= 0.3 is 0 Å². The lowest BCUT2D eigenvalue weighted by Gasteiger charge is -2.64. The first kappa shape index (κ1) is 22.8. The highest BCUT2D eigenvalue weighted by Gasteiger charge is 2.71. The molecule has 0 aromatic heterocycles. The van der Waals surface area contributed by atoms with Gasteiger partial charge in [0, 0.05) is 18.6 Å². The zero-order valence-electron chi connectivity index (χ0n) is 19.9. The van der Waals surface area contributed by atoms with E-state index in [4.69, 9.17) is 9.84 Å². The minimum atomic E-state index is -0.954. The Morgan fingerprint density at radius 2 is 1.69 bits per heavy atom. The molecule has 1 aromatic rings. The van der Waals surface area contributed by atoms with Gasteiger partial charge in [-0.15, -0.1) is 0 Å². The van der Waals surface area contributed by atoms with E-state index in [-0.39, 0.29) is 17.9 Å². The van der Waals surface area contributed by atoms with E-state index in [2.05, 4.69) is 13.8 Å². The van der Waals surface area contributed by atoms with E-state index in [1.54, 1.807) is 0 Å². The molecule has 8 atom stereocenters. The summed E-state index contributed by atoms with van der Waals surface area (Å²) in [5, 5.41) is 33.4. The molecule has 1 aromatic carbocycles. The zero-order chi connectivity index (χ0) is 22.6. The Kier molecular flexibility index (Phi) is 5.76. The second kappa shape index (κ2) is 8.08. The number of rotatable bonds is 5. The van der Waals surface area contributed by atoms with Crippen molar-refractivity contribution in [2.45, 2.75) is 95.4 Å². The van der Waals surface area contributed by atoms with Crippen LogP contribution in [0.5, 0.6) is 0 Å². The topological polar surface area (TPSA) is 69.9 Å². The number of aliphatic hydroxyl groups is 3. The number of ether oxygens (including phenoxy) is 1. The van der Waals surface area contributed by atoms with Crippen molar-refractivity contribution in [3.8, 4) is 0 Å². The normalized spacial score (nSPS) is 48.0. The van der Waals surface area contributed by atoms with E-state index in [0.29, 0.717) is 37.4 Å². The molecular weight excluding hydrogens is 400 g/mol. The lowest BCUT2D eigenvalue weighted by atomic mass is 9.43. The Hall–Kier alpha value is -0.940. The van der Waals surface area contributed by atoms with Gasteiger partial charge in [-0.25, -0.2) is 0 Å². The molecule has 4 fully saturated rings. The van der Waals surface area contributed by atoms with Crippen LogP contribution in [0, 0.1) is 28.6 Å². The highest BCUT2D eigenvalue weighted by molar-refractivity contribution is 5.32. The lowest BCUT2D eigenvalue weighted by molar-refractivity contribution is -0.239. The predicted octanol–water partition coefficient (Wildman–Crippen LogP) is 4.80. The molecule has 0 bridgehead atoms. The van der Waals surface area contributed by atoms with Crippen molar-refractivity contribution in [1.82, 2.24) is 0 Å². The standard InChI is InChI=1S/C28H42O4/c1-25-13-11-22(32-18-6-17-29)19-21(25)9-10-24-23(25)12-14-26(2)27(30,15-16-28(24,26)31)20-7-4-3-5-8-20/h3-5,7-8,21-24,29-31H,6,9-19H2,1-2H3/t21?,22?,23-,24-,25+,26-,27?,28-/m1/s1. The summed E-state index contributed by atoms with van der Waals surface area (Å²) in [5.41, 5.74) is -1.04. The van der Waals surface area contributed by atoms with Crippen LogP contribution in [0.4, 0.5) is 0 Å². The summed E-state index contributed by atoms with van der Waals surface area (Å²) >= 11 is 0. The number of hydrogen-bond acceptors (Lipinski definition) is 4. The zero-order valence-corrected chi connectivity index (χ0v) is 19.9. The fourth-order valence-electron chi connectivity index (χ4n) is 8.85. The number of hydrogen-bond donors (Lipinski definition) is 3. The lowest BCUT2D eigenvalue weighted by Crippen LogP contribution is -2.64. The molecule has 0 saturated heterocycles. The van der Waals surface area contributed by atoms with Gasteiger partial charge in [-0.3, -0.25) is 0 Å². The van der Waals surface area contributed by atoms with Crippen molar-refractivity contribution in [3.63, 3.8) is 0 Å². The summed E-state index contributed by atoms with van der Waals surface area (Å²) in [6.07, 6.45) is 9.96. The van der Waals surface area contributed by atoms with E-state index in [9.17, 15) is 10.2 Å². The Morgan fingerprint density at radius 1 is 0.906 bits per heavy atom. The van der Waals surface area contributed by atoms with Crippen LogP contribution in [0.1, 0.15) is 83.6 Å². The monoisotopic (exact) mass is 442 g/mol. The van der Waals surface area contributed by atoms with Crippen molar-refractivity contribution in [1.29, 1.82) is 0 Å². The third-order valence-corrected chi connectivity index (χ3v) is 10.9. The number of benzene rings is 1. The summed E-state index contributed by atoms with van der Waals surface area (Å²) in [4.78, 5) is 0. The first-order valence-electron chi connectivity index (χ1n) is 13.0. The van der Waals surface area contributed by atoms with Gasteiger partial charge in [-0.1, -0.05) is 44.2 Å². The van der Waals surface area contributed by atoms with E-state index in [0.717, 1.165) is 50.5 Å². The molecule has 0 aliphatic heterocycles. The SMILES string of the molecule is C[C@]12CCC(OCCCO)CC1CC[C@@H]1[C@H]2CC[C@]2(C)C(O)(c3ccccc3)CC[C@@]12O. The summed E-state index contributed by atoms with van der Waals surface area (Å²) < 4.78 is 6.09. The second-order valence-corrected chi connectivity index (χ2v) is 11.9. The predicted molar refractivity (Wildman–Crippen MR) is 125 cm³/mol. The molecule has 5 rings (SSSR count). The average Bonchev–Trinajstić information content (AvgIpc) is 3.02. The highest BCUT2D eigenvalue weighted by Crippen LogP contribution is 2.71. The Bertz CT molecular complexity index is 813. The molecule has 3 N–H and O–H groups in total.